The normalized spacial score (nSPS) is 12.5. The van der Waals surface area contributed by atoms with E-state index >= 15 is 0 Å². The Morgan fingerprint density at radius 2 is 1.41 bits per heavy atom. The zero-order valence-corrected chi connectivity index (χ0v) is 19.9. The molecule has 4 heterocycles. The number of nitrogens with zero attached hydrogens (tertiary/aromatic N) is 5. The molecule has 8 heteroatoms. The Bertz CT molecular complexity index is 1200. The molecule has 0 aliphatic carbocycles. The molecule has 0 spiro atoms. The van der Waals surface area contributed by atoms with E-state index in [0.717, 1.165) is 33.9 Å². The molecular formula is C24H22ClN5S2. The Morgan fingerprint density at radius 1 is 0.844 bits per heavy atom. The van der Waals surface area contributed by atoms with E-state index in [-0.39, 0.29) is 6.04 Å². The van der Waals surface area contributed by atoms with Gasteiger partial charge in [-0.2, -0.15) is 0 Å². The van der Waals surface area contributed by atoms with Crippen LogP contribution < -0.4 is 0 Å². The third kappa shape index (κ3) is 4.29. The average molecular weight is 480 g/mol. The summed E-state index contributed by atoms with van der Waals surface area (Å²) in [5.74, 6) is 0. The van der Waals surface area contributed by atoms with Gasteiger partial charge in [0.1, 0.15) is 0 Å². The standard InChI is InChI=1S/C24H22ClN5S2/c1-18(21-8-2-3-9-22(21)25)28(16-19-6-4-12-29(19)23-26-10-14-31-23)17-20-7-5-13-30(20)24-27-11-15-32-24/h2-15,18H,16-17H2,1H3/t18-/m1/s1. The van der Waals surface area contributed by atoms with Crippen molar-refractivity contribution in [3.63, 3.8) is 0 Å². The summed E-state index contributed by atoms with van der Waals surface area (Å²) in [6.45, 7) is 3.72. The topological polar surface area (TPSA) is 38.9 Å². The summed E-state index contributed by atoms with van der Waals surface area (Å²) in [5.41, 5.74) is 3.49. The van der Waals surface area contributed by atoms with Gasteiger partial charge in [0.05, 0.1) is 0 Å². The molecule has 0 unspecified atom stereocenters. The molecule has 0 aliphatic heterocycles. The Labute approximate surface area is 200 Å². The van der Waals surface area contributed by atoms with E-state index in [1.165, 1.54) is 11.4 Å². The van der Waals surface area contributed by atoms with Gasteiger partial charge in [-0.05, 0) is 42.8 Å². The van der Waals surface area contributed by atoms with E-state index in [0.29, 0.717) is 0 Å². The molecular weight excluding hydrogens is 458 g/mol. The Hall–Kier alpha value is -2.71. The Balaban J connectivity index is 1.50. The molecule has 5 rings (SSSR count). The van der Waals surface area contributed by atoms with E-state index in [1.54, 1.807) is 22.7 Å². The van der Waals surface area contributed by atoms with Gasteiger partial charge in [-0.1, -0.05) is 29.8 Å². The van der Waals surface area contributed by atoms with E-state index < -0.39 is 0 Å². The molecule has 1 aromatic carbocycles. The van der Waals surface area contributed by atoms with Crippen molar-refractivity contribution in [2.45, 2.75) is 26.1 Å². The highest BCUT2D eigenvalue weighted by atomic mass is 35.5. The van der Waals surface area contributed by atoms with Crippen molar-refractivity contribution < 1.29 is 0 Å². The van der Waals surface area contributed by atoms with Crippen LogP contribution in [0.2, 0.25) is 5.02 Å². The second-order valence-electron chi connectivity index (χ2n) is 7.47. The number of thiazole rings is 2. The zero-order chi connectivity index (χ0) is 21.9. The minimum atomic E-state index is 0.114. The molecule has 0 fully saturated rings. The molecule has 1 atom stereocenters. The lowest BCUT2D eigenvalue weighted by atomic mass is 10.1. The second kappa shape index (κ2) is 9.42. The molecule has 0 saturated carbocycles. The van der Waals surface area contributed by atoms with Crippen LogP contribution in [-0.2, 0) is 13.1 Å². The summed E-state index contributed by atoms with van der Waals surface area (Å²) < 4.78 is 4.33. The monoisotopic (exact) mass is 479 g/mol. The molecule has 0 radical (unpaired) electrons. The summed E-state index contributed by atoms with van der Waals surface area (Å²) in [6, 6.07) is 16.7. The first kappa shape index (κ1) is 21.2. The van der Waals surface area contributed by atoms with Crippen molar-refractivity contribution in [3.05, 3.63) is 106 Å². The van der Waals surface area contributed by atoms with Crippen LogP contribution >= 0.6 is 34.3 Å². The SMILES string of the molecule is C[C@H](c1ccccc1Cl)N(Cc1cccn1-c1nccs1)Cc1cccn1-c1nccs1. The number of benzene rings is 1. The van der Waals surface area contributed by atoms with Crippen LogP contribution in [0.25, 0.3) is 10.3 Å². The highest BCUT2D eigenvalue weighted by Gasteiger charge is 2.22. The van der Waals surface area contributed by atoms with Gasteiger partial charge in [-0.25, -0.2) is 9.97 Å². The van der Waals surface area contributed by atoms with Crippen LogP contribution in [0.15, 0.2) is 84.1 Å². The first-order valence-corrected chi connectivity index (χ1v) is 12.4. The van der Waals surface area contributed by atoms with E-state index in [1.807, 2.05) is 41.4 Å². The predicted octanol–water partition coefficient (Wildman–Crippen LogP) is 6.60. The average Bonchev–Trinajstić information content (AvgIpc) is 3.60. The van der Waals surface area contributed by atoms with Crippen LogP contribution in [0, 0.1) is 0 Å². The third-order valence-corrected chi connectivity index (χ3v) is 7.44. The van der Waals surface area contributed by atoms with E-state index in [9.17, 15) is 0 Å². The van der Waals surface area contributed by atoms with Gasteiger partial charge in [-0.15, -0.1) is 22.7 Å². The van der Waals surface area contributed by atoms with Crippen molar-refractivity contribution in [2.75, 3.05) is 0 Å². The lowest BCUT2D eigenvalue weighted by Crippen LogP contribution is -2.28. The highest BCUT2D eigenvalue weighted by molar-refractivity contribution is 7.12. The van der Waals surface area contributed by atoms with Gasteiger partial charge < -0.3 is 0 Å². The first-order valence-electron chi connectivity index (χ1n) is 10.3. The Kier molecular flexibility index (Phi) is 6.23. The van der Waals surface area contributed by atoms with Gasteiger partial charge in [-0.3, -0.25) is 14.0 Å². The van der Waals surface area contributed by atoms with Crippen molar-refractivity contribution in [3.8, 4) is 10.3 Å². The lowest BCUT2D eigenvalue weighted by Gasteiger charge is -2.30. The second-order valence-corrected chi connectivity index (χ2v) is 9.62. The number of aromatic nitrogens is 4. The van der Waals surface area contributed by atoms with Crippen molar-refractivity contribution in [2.24, 2.45) is 0 Å². The fourth-order valence-corrected chi connectivity index (χ4v) is 5.50. The third-order valence-electron chi connectivity index (χ3n) is 5.55. The summed E-state index contributed by atoms with van der Waals surface area (Å²) in [7, 11) is 0. The molecule has 4 aromatic heterocycles. The van der Waals surface area contributed by atoms with Gasteiger partial charge in [0.25, 0.3) is 0 Å². The molecule has 0 aliphatic rings. The number of halogens is 1. The molecule has 5 nitrogen and oxygen atoms in total. The predicted molar refractivity (Wildman–Crippen MR) is 132 cm³/mol. The summed E-state index contributed by atoms with van der Waals surface area (Å²) in [4.78, 5) is 11.4. The molecule has 0 bridgehead atoms. The molecule has 0 amide bonds. The van der Waals surface area contributed by atoms with Crippen LogP contribution in [0.4, 0.5) is 0 Å². The number of hydrogen-bond donors (Lipinski definition) is 0. The van der Waals surface area contributed by atoms with Crippen molar-refractivity contribution >= 4 is 34.3 Å². The van der Waals surface area contributed by atoms with Gasteiger partial charge in [0.15, 0.2) is 10.3 Å². The maximum absolute atomic E-state index is 6.60. The quantitative estimate of drug-likeness (QED) is 0.252. The maximum atomic E-state index is 6.60. The van der Waals surface area contributed by atoms with Crippen LogP contribution in [-0.4, -0.2) is 24.0 Å². The summed E-state index contributed by atoms with van der Waals surface area (Å²) in [5, 5.41) is 6.74. The van der Waals surface area contributed by atoms with Gasteiger partial charge >= 0.3 is 0 Å². The molecule has 0 saturated heterocycles. The summed E-state index contributed by atoms with van der Waals surface area (Å²) in [6.07, 6.45) is 7.83. The van der Waals surface area contributed by atoms with E-state index in [4.69, 9.17) is 11.6 Å². The smallest absolute Gasteiger partial charge is 0.193 e. The molecule has 162 valence electrons. The van der Waals surface area contributed by atoms with Crippen molar-refractivity contribution in [1.82, 2.24) is 24.0 Å². The minimum absolute atomic E-state index is 0.114. The number of hydrogen-bond acceptors (Lipinski definition) is 5. The maximum Gasteiger partial charge on any atom is 0.193 e. The Morgan fingerprint density at radius 3 is 1.91 bits per heavy atom. The van der Waals surface area contributed by atoms with Crippen LogP contribution in [0.3, 0.4) is 0 Å². The highest BCUT2D eigenvalue weighted by Crippen LogP contribution is 2.31. The van der Waals surface area contributed by atoms with Gasteiger partial charge in [0.2, 0.25) is 0 Å². The van der Waals surface area contributed by atoms with Crippen molar-refractivity contribution in [1.29, 1.82) is 0 Å². The molecule has 0 N–H and O–H groups in total. The van der Waals surface area contributed by atoms with Crippen LogP contribution in [0.1, 0.15) is 29.9 Å². The van der Waals surface area contributed by atoms with Gasteiger partial charge in [0, 0.05) is 71.1 Å². The lowest BCUT2D eigenvalue weighted by molar-refractivity contribution is 0.185. The number of rotatable bonds is 8. The zero-order valence-electron chi connectivity index (χ0n) is 17.5. The summed E-state index contributed by atoms with van der Waals surface area (Å²) >= 11 is 9.87. The largest absolute Gasteiger partial charge is 0.296 e. The minimum Gasteiger partial charge on any atom is -0.296 e. The molecule has 5 aromatic rings. The molecule has 32 heavy (non-hydrogen) atoms. The fraction of sp³-hybridized carbons (Fsp3) is 0.167. The fourth-order valence-electron chi connectivity index (χ4n) is 3.89. The first-order chi connectivity index (χ1) is 15.7. The van der Waals surface area contributed by atoms with Crippen LogP contribution in [0.5, 0.6) is 0 Å². The van der Waals surface area contributed by atoms with E-state index in [2.05, 4.69) is 73.7 Å².